The second kappa shape index (κ2) is 11.4. The van der Waals surface area contributed by atoms with E-state index < -0.39 is 82.5 Å². The third-order valence-corrected chi connectivity index (χ3v) is 7.34. The number of nitrogens with zero attached hydrogens (tertiary/aromatic N) is 1. The van der Waals surface area contributed by atoms with Crippen molar-refractivity contribution in [2.24, 2.45) is 0 Å². The maximum Gasteiger partial charge on any atom is 0.416 e. The van der Waals surface area contributed by atoms with Crippen LogP contribution in [0.25, 0.3) is 11.1 Å². The van der Waals surface area contributed by atoms with Crippen molar-refractivity contribution < 1.29 is 63.3 Å². The number of rotatable bonds is 6. The maximum atomic E-state index is 14.2. The molecule has 0 aromatic heterocycles. The van der Waals surface area contributed by atoms with Crippen molar-refractivity contribution in [3.05, 3.63) is 87.7 Å². The van der Waals surface area contributed by atoms with Crippen LogP contribution in [0.3, 0.4) is 0 Å². The van der Waals surface area contributed by atoms with Gasteiger partial charge >= 0.3 is 24.6 Å². The van der Waals surface area contributed by atoms with E-state index in [2.05, 4.69) is 0 Å². The fourth-order valence-corrected chi connectivity index (χ4v) is 5.36. The molecule has 1 fully saturated rings. The number of cyclic esters (lactones) is 1. The summed E-state index contributed by atoms with van der Waals surface area (Å²) in [4.78, 5) is 13.9. The lowest BCUT2D eigenvalue weighted by molar-refractivity contribution is -0.143. The van der Waals surface area contributed by atoms with Crippen LogP contribution in [-0.2, 0) is 35.4 Å². The molecule has 0 spiro atoms. The quantitative estimate of drug-likeness (QED) is 0.270. The second-order valence-corrected chi connectivity index (χ2v) is 10.9. The summed E-state index contributed by atoms with van der Waals surface area (Å²) in [5.41, 5.74) is -8.38. The monoisotopic (exact) mass is 653 g/mol. The summed E-state index contributed by atoms with van der Waals surface area (Å²) in [5.74, 6) is -0.859. The molecular formula is C30H25F10NO4. The Hall–Kier alpha value is -4.01. The lowest BCUT2D eigenvalue weighted by Gasteiger charge is -2.31. The minimum atomic E-state index is -5.19. The Kier molecular flexibility index (Phi) is 8.59. The molecule has 0 radical (unpaired) electrons. The van der Waals surface area contributed by atoms with Gasteiger partial charge in [-0.3, -0.25) is 4.90 Å². The summed E-state index contributed by atoms with van der Waals surface area (Å²) >= 11 is 0. The lowest BCUT2D eigenvalue weighted by Crippen LogP contribution is -2.34. The number of hydrogen-bond acceptors (Lipinski definition) is 4. The fourth-order valence-electron chi connectivity index (χ4n) is 5.36. The molecule has 15 heteroatoms. The Labute approximate surface area is 250 Å². The Balaban J connectivity index is 1.91. The molecule has 0 aliphatic carbocycles. The highest BCUT2D eigenvalue weighted by molar-refractivity contribution is 5.77. The summed E-state index contributed by atoms with van der Waals surface area (Å²) < 4.78 is 148. The molecule has 3 aromatic rings. The van der Waals surface area contributed by atoms with Gasteiger partial charge in [0.2, 0.25) is 0 Å². The normalized spacial score (nSPS) is 17.9. The third kappa shape index (κ3) is 6.82. The molecule has 1 amide bonds. The molecule has 1 aliphatic rings. The number of aliphatic hydroxyl groups is 1. The number of methoxy groups -OCH3 is 1. The van der Waals surface area contributed by atoms with Crippen LogP contribution in [-0.4, -0.2) is 29.3 Å². The van der Waals surface area contributed by atoms with E-state index in [4.69, 9.17) is 9.47 Å². The predicted molar refractivity (Wildman–Crippen MR) is 139 cm³/mol. The van der Waals surface area contributed by atoms with E-state index in [9.17, 15) is 53.8 Å². The number of carbonyl (C=O) groups excluding carboxylic acids is 1. The standard InChI is InChI=1S/C30H25F10NO4/c1-14-25(15-9-16(28(32,33)34)11-17(10-15)29(35,36)37)45-26(42)41(14)13-21-19(20-6-5-18(31)12-23(20)44-4)7-8-22(30(38,39)40)24(21)27(2,3)43/h5-12,14,25,43H,13H2,1-4H3/t14-,25-/m0/s1. The first-order valence-electron chi connectivity index (χ1n) is 13.1. The highest BCUT2D eigenvalue weighted by atomic mass is 19.4. The maximum absolute atomic E-state index is 14.2. The first-order chi connectivity index (χ1) is 20.5. The lowest BCUT2D eigenvalue weighted by atomic mass is 9.83. The Morgan fingerprint density at radius 1 is 0.844 bits per heavy atom. The molecule has 2 atom stereocenters. The minimum absolute atomic E-state index is 0.0288. The van der Waals surface area contributed by atoms with E-state index >= 15 is 0 Å². The van der Waals surface area contributed by atoms with E-state index in [0.717, 1.165) is 36.9 Å². The van der Waals surface area contributed by atoms with E-state index in [1.165, 1.54) is 20.1 Å². The topological polar surface area (TPSA) is 59.0 Å². The van der Waals surface area contributed by atoms with Crippen molar-refractivity contribution in [2.45, 2.75) is 63.6 Å². The second-order valence-electron chi connectivity index (χ2n) is 10.9. The fraction of sp³-hybridized carbons (Fsp3) is 0.367. The van der Waals surface area contributed by atoms with E-state index in [-0.39, 0.29) is 28.5 Å². The predicted octanol–water partition coefficient (Wildman–Crippen LogP) is 8.87. The van der Waals surface area contributed by atoms with Gasteiger partial charge in [-0.05, 0) is 73.9 Å². The van der Waals surface area contributed by atoms with Crippen LogP contribution in [0, 0.1) is 5.82 Å². The Morgan fingerprint density at radius 3 is 1.89 bits per heavy atom. The molecular weight excluding hydrogens is 628 g/mol. The molecule has 1 N–H and O–H groups in total. The molecule has 1 aliphatic heterocycles. The zero-order valence-electron chi connectivity index (χ0n) is 23.9. The van der Waals surface area contributed by atoms with Gasteiger partial charge in [-0.1, -0.05) is 6.07 Å². The van der Waals surface area contributed by atoms with Gasteiger partial charge in [0.1, 0.15) is 17.7 Å². The summed E-state index contributed by atoms with van der Waals surface area (Å²) in [6.45, 7) is 2.60. The van der Waals surface area contributed by atoms with Crippen LogP contribution in [0.2, 0.25) is 0 Å². The van der Waals surface area contributed by atoms with E-state index in [1.54, 1.807) is 0 Å². The van der Waals surface area contributed by atoms with Gasteiger partial charge in [-0.2, -0.15) is 39.5 Å². The first kappa shape index (κ1) is 33.9. The minimum Gasteiger partial charge on any atom is -0.496 e. The van der Waals surface area contributed by atoms with Crippen molar-refractivity contribution in [2.75, 3.05) is 7.11 Å². The Bertz CT molecular complexity index is 1570. The number of amides is 1. The molecule has 45 heavy (non-hydrogen) atoms. The summed E-state index contributed by atoms with van der Waals surface area (Å²) in [6, 6.07) is 4.25. The Morgan fingerprint density at radius 2 is 1.40 bits per heavy atom. The smallest absolute Gasteiger partial charge is 0.416 e. The van der Waals surface area contributed by atoms with Gasteiger partial charge in [0, 0.05) is 17.2 Å². The van der Waals surface area contributed by atoms with Crippen molar-refractivity contribution in [3.8, 4) is 16.9 Å². The molecule has 0 unspecified atom stereocenters. The van der Waals surface area contributed by atoms with Gasteiger partial charge in [0.15, 0.2) is 0 Å². The number of hydrogen-bond donors (Lipinski definition) is 1. The van der Waals surface area contributed by atoms with Gasteiger partial charge in [-0.25, -0.2) is 9.18 Å². The third-order valence-electron chi connectivity index (χ3n) is 7.34. The highest BCUT2D eigenvalue weighted by Gasteiger charge is 2.45. The summed E-state index contributed by atoms with van der Waals surface area (Å²) in [7, 11) is 1.17. The number of alkyl halides is 9. The van der Waals surface area contributed by atoms with Crippen LogP contribution < -0.4 is 4.74 Å². The van der Waals surface area contributed by atoms with Gasteiger partial charge in [0.05, 0.1) is 42.0 Å². The number of benzene rings is 3. The number of ether oxygens (including phenoxy) is 2. The van der Waals surface area contributed by atoms with Gasteiger partial charge in [0.25, 0.3) is 0 Å². The van der Waals surface area contributed by atoms with E-state index in [0.29, 0.717) is 18.2 Å². The zero-order valence-corrected chi connectivity index (χ0v) is 23.9. The van der Waals surface area contributed by atoms with Crippen LogP contribution >= 0.6 is 0 Å². The van der Waals surface area contributed by atoms with Crippen molar-refractivity contribution in [1.29, 1.82) is 0 Å². The molecule has 3 aromatic carbocycles. The summed E-state index contributed by atoms with van der Waals surface area (Å²) in [5, 5.41) is 11.0. The molecule has 0 saturated carbocycles. The molecule has 4 rings (SSSR count). The highest BCUT2D eigenvalue weighted by Crippen LogP contribution is 2.46. The van der Waals surface area contributed by atoms with Crippen LogP contribution in [0.4, 0.5) is 48.7 Å². The van der Waals surface area contributed by atoms with Crippen molar-refractivity contribution >= 4 is 6.09 Å². The van der Waals surface area contributed by atoms with Crippen molar-refractivity contribution in [1.82, 2.24) is 4.90 Å². The van der Waals surface area contributed by atoms with Gasteiger partial charge < -0.3 is 14.6 Å². The van der Waals surface area contributed by atoms with Crippen molar-refractivity contribution in [3.63, 3.8) is 0 Å². The van der Waals surface area contributed by atoms with Crippen LogP contribution in [0.1, 0.15) is 60.3 Å². The molecule has 1 heterocycles. The number of carbonyl (C=O) groups is 1. The summed E-state index contributed by atoms with van der Waals surface area (Å²) in [6.07, 6.45) is -18.3. The molecule has 0 bridgehead atoms. The first-order valence-corrected chi connectivity index (χ1v) is 13.1. The largest absolute Gasteiger partial charge is 0.496 e. The van der Waals surface area contributed by atoms with Crippen LogP contribution in [0.5, 0.6) is 5.75 Å². The average molecular weight is 654 g/mol. The molecule has 1 saturated heterocycles. The van der Waals surface area contributed by atoms with E-state index in [1.807, 2.05) is 0 Å². The zero-order chi connectivity index (χ0) is 33.9. The molecule has 244 valence electrons. The SMILES string of the molecule is COc1cc(F)ccc1-c1ccc(C(F)(F)F)c(C(C)(C)O)c1CN1C(=O)O[C@H](c2cc(C(F)(F)F)cc(C(F)(F)F)c2)[C@@H]1C. The average Bonchev–Trinajstić information content (AvgIpc) is 3.19. The molecule has 5 nitrogen and oxygen atoms in total. The van der Waals surface area contributed by atoms with Crippen LogP contribution in [0.15, 0.2) is 48.5 Å². The van der Waals surface area contributed by atoms with Gasteiger partial charge in [-0.15, -0.1) is 0 Å². The number of halogens is 10.